The van der Waals surface area contributed by atoms with Crippen LogP contribution in [-0.2, 0) is 4.84 Å². The quantitative estimate of drug-likeness (QED) is 0.673. The molecule has 2 N–H and O–H groups in total. The van der Waals surface area contributed by atoms with E-state index in [1.165, 1.54) is 5.56 Å². The average molecular weight is 293 g/mol. The number of likely N-dealkylation sites (N-methyl/N-ethyl adjacent to an activating group) is 1. The number of nitrogens with two attached hydrogens (primary N) is 1. The Labute approximate surface area is 130 Å². The zero-order valence-electron chi connectivity index (χ0n) is 15.0. The SMILES string of the molecule is Cc1ccc(C(C[N+](C)(C(C)(C)C)C(C)(C)C)ON)cc1. The van der Waals surface area contributed by atoms with Crippen molar-refractivity contribution in [1.29, 1.82) is 0 Å². The highest BCUT2D eigenvalue weighted by Gasteiger charge is 2.47. The lowest BCUT2D eigenvalue weighted by atomic mass is 9.89. The van der Waals surface area contributed by atoms with Crippen molar-refractivity contribution in [3.63, 3.8) is 0 Å². The monoisotopic (exact) mass is 293 g/mol. The highest BCUT2D eigenvalue weighted by atomic mass is 16.6. The number of aryl methyl sites for hydroxylation is 1. The van der Waals surface area contributed by atoms with Crippen molar-refractivity contribution in [2.45, 2.75) is 65.6 Å². The van der Waals surface area contributed by atoms with Gasteiger partial charge in [-0.1, -0.05) is 29.8 Å². The summed E-state index contributed by atoms with van der Waals surface area (Å²) in [5.41, 5.74) is 2.58. The van der Waals surface area contributed by atoms with Crippen molar-refractivity contribution in [3.8, 4) is 0 Å². The fraction of sp³-hybridized carbons (Fsp3) is 0.667. The van der Waals surface area contributed by atoms with E-state index in [9.17, 15) is 0 Å². The maximum atomic E-state index is 5.63. The lowest BCUT2D eigenvalue weighted by molar-refractivity contribution is -0.996. The van der Waals surface area contributed by atoms with Crippen molar-refractivity contribution in [3.05, 3.63) is 35.4 Å². The van der Waals surface area contributed by atoms with Gasteiger partial charge in [-0.25, -0.2) is 5.90 Å². The highest BCUT2D eigenvalue weighted by Crippen LogP contribution is 2.36. The van der Waals surface area contributed by atoms with Gasteiger partial charge in [0, 0.05) is 0 Å². The molecule has 120 valence electrons. The molecule has 0 heterocycles. The Morgan fingerprint density at radius 2 is 1.43 bits per heavy atom. The van der Waals surface area contributed by atoms with Crippen LogP contribution >= 0.6 is 0 Å². The molecule has 0 radical (unpaired) electrons. The lowest BCUT2D eigenvalue weighted by Crippen LogP contribution is -2.68. The molecule has 0 amide bonds. The molecule has 0 aromatic heterocycles. The summed E-state index contributed by atoms with van der Waals surface area (Å²) in [5.74, 6) is 5.63. The summed E-state index contributed by atoms with van der Waals surface area (Å²) in [6.45, 7) is 16.6. The molecular formula is C18H33N2O+. The zero-order chi connectivity index (χ0) is 16.5. The number of rotatable bonds is 4. The molecule has 21 heavy (non-hydrogen) atoms. The van der Waals surface area contributed by atoms with Crippen LogP contribution in [0.5, 0.6) is 0 Å². The Bertz CT molecular complexity index is 438. The van der Waals surface area contributed by atoms with Crippen LogP contribution in [0, 0.1) is 6.92 Å². The van der Waals surface area contributed by atoms with Crippen LogP contribution in [-0.4, -0.2) is 29.2 Å². The molecule has 1 unspecified atom stereocenters. The maximum Gasteiger partial charge on any atom is 0.152 e. The summed E-state index contributed by atoms with van der Waals surface area (Å²) < 4.78 is 0.871. The van der Waals surface area contributed by atoms with Crippen LogP contribution in [0.15, 0.2) is 24.3 Å². The van der Waals surface area contributed by atoms with Crippen molar-refractivity contribution >= 4 is 0 Å². The van der Waals surface area contributed by atoms with Crippen LogP contribution < -0.4 is 5.90 Å². The Balaban J connectivity index is 3.15. The number of hydrogen-bond acceptors (Lipinski definition) is 2. The first-order valence-corrected chi connectivity index (χ1v) is 7.70. The molecule has 0 saturated heterocycles. The summed E-state index contributed by atoms with van der Waals surface area (Å²) in [6, 6.07) is 8.45. The van der Waals surface area contributed by atoms with Gasteiger partial charge >= 0.3 is 0 Å². The van der Waals surface area contributed by atoms with Gasteiger partial charge in [0.05, 0.1) is 18.1 Å². The minimum atomic E-state index is -0.103. The lowest BCUT2D eigenvalue weighted by Gasteiger charge is -2.55. The standard InChI is InChI=1S/C18H33N2O/c1-14-9-11-15(12-10-14)16(21-19)13-20(8,17(2,3)4)18(5,6)7/h9-12,16H,13,19H2,1-8H3/q+1. The summed E-state index contributed by atoms with van der Waals surface area (Å²) >= 11 is 0. The molecule has 0 spiro atoms. The van der Waals surface area contributed by atoms with E-state index < -0.39 is 0 Å². The fourth-order valence-electron chi connectivity index (χ4n) is 2.89. The third-order valence-corrected chi connectivity index (χ3v) is 5.11. The third-order valence-electron chi connectivity index (χ3n) is 5.11. The first-order valence-electron chi connectivity index (χ1n) is 7.70. The van der Waals surface area contributed by atoms with Gasteiger partial charge in [0.1, 0.15) is 6.54 Å². The minimum Gasteiger partial charge on any atom is -0.315 e. The van der Waals surface area contributed by atoms with Crippen LogP contribution in [0.3, 0.4) is 0 Å². The van der Waals surface area contributed by atoms with E-state index in [0.717, 1.165) is 16.6 Å². The van der Waals surface area contributed by atoms with Gasteiger partial charge in [0.2, 0.25) is 0 Å². The topological polar surface area (TPSA) is 35.2 Å². The molecule has 0 aliphatic heterocycles. The van der Waals surface area contributed by atoms with E-state index in [-0.39, 0.29) is 17.2 Å². The summed E-state index contributed by atoms with van der Waals surface area (Å²) in [5, 5.41) is 0. The summed E-state index contributed by atoms with van der Waals surface area (Å²) in [7, 11) is 2.29. The normalized spacial score (nSPS) is 15.1. The number of quaternary nitrogens is 1. The maximum absolute atomic E-state index is 5.63. The number of benzene rings is 1. The average Bonchev–Trinajstić information content (AvgIpc) is 2.34. The fourth-order valence-corrected chi connectivity index (χ4v) is 2.89. The van der Waals surface area contributed by atoms with Crippen molar-refractivity contribution in [2.75, 3.05) is 13.6 Å². The van der Waals surface area contributed by atoms with Crippen molar-refractivity contribution < 1.29 is 9.32 Å². The predicted octanol–water partition coefficient (Wildman–Crippen LogP) is 3.97. The van der Waals surface area contributed by atoms with E-state index in [2.05, 4.69) is 79.8 Å². The molecule has 1 atom stereocenters. The molecule has 0 aliphatic carbocycles. The van der Waals surface area contributed by atoms with Crippen LogP contribution in [0.1, 0.15) is 58.8 Å². The third kappa shape index (κ3) is 3.85. The van der Waals surface area contributed by atoms with Crippen LogP contribution in [0.4, 0.5) is 0 Å². The Hall–Kier alpha value is -0.900. The van der Waals surface area contributed by atoms with E-state index in [0.29, 0.717) is 0 Å². The van der Waals surface area contributed by atoms with E-state index in [1.54, 1.807) is 0 Å². The van der Waals surface area contributed by atoms with Gasteiger partial charge in [-0.15, -0.1) is 0 Å². The predicted molar refractivity (Wildman–Crippen MR) is 89.7 cm³/mol. The van der Waals surface area contributed by atoms with E-state index in [1.807, 2.05) is 0 Å². The second-order valence-corrected chi connectivity index (χ2v) is 8.25. The van der Waals surface area contributed by atoms with E-state index >= 15 is 0 Å². The first-order chi connectivity index (χ1) is 9.42. The van der Waals surface area contributed by atoms with E-state index in [4.69, 9.17) is 10.7 Å². The molecule has 0 saturated carbocycles. The molecule has 1 aromatic carbocycles. The molecule has 1 rings (SSSR count). The van der Waals surface area contributed by atoms with Gasteiger partial charge in [-0.2, -0.15) is 0 Å². The Kier molecular flexibility index (Phi) is 5.25. The molecule has 0 fully saturated rings. The summed E-state index contributed by atoms with van der Waals surface area (Å²) in [4.78, 5) is 5.35. The van der Waals surface area contributed by atoms with Gasteiger partial charge in [-0.3, -0.25) is 4.84 Å². The molecule has 0 bridgehead atoms. The zero-order valence-corrected chi connectivity index (χ0v) is 15.0. The van der Waals surface area contributed by atoms with Crippen LogP contribution in [0.2, 0.25) is 0 Å². The smallest absolute Gasteiger partial charge is 0.152 e. The van der Waals surface area contributed by atoms with Gasteiger partial charge in [0.15, 0.2) is 6.10 Å². The van der Waals surface area contributed by atoms with Gasteiger partial charge < -0.3 is 4.48 Å². The second kappa shape index (κ2) is 6.07. The van der Waals surface area contributed by atoms with Crippen molar-refractivity contribution in [1.82, 2.24) is 0 Å². The number of hydrogen-bond donors (Lipinski definition) is 1. The number of nitrogens with zero attached hydrogens (tertiary/aromatic N) is 1. The van der Waals surface area contributed by atoms with Crippen LogP contribution in [0.25, 0.3) is 0 Å². The molecule has 1 aromatic rings. The first kappa shape index (κ1) is 18.1. The largest absolute Gasteiger partial charge is 0.315 e. The Morgan fingerprint density at radius 3 is 1.76 bits per heavy atom. The van der Waals surface area contributed by atoms with Gasteiger partial charge in [-0.05, 0) is 54.0 Å². The second-order valence-electron chi connectivity index (χ2n) is 8.25. The Morgan fingerprint density at radius 1 is 1.00 bits per heavy atom. The molecule has 0 aliphatic rings. The molecule has 3 nitrogen and oxygen atoms in total. The minimum absolute atomic E-state index is 0.0970. The van der Waals surface area contributed by atoms with Crippen molar-refractivity contribution in [2.24, 2.45) is 5.90 Å². The highest BCUT2D eigenvalue weighted by molar-refractivity contribution is 5.23. The molecule has 3 heteroatoms. The summed E-state index contributed by atoms with van der Waals surface area (Å²) in [6.07, 6.45) is -0.103. The molecular weight excluding hydrogens is 260 g/mol. The van der Waals surface area contributed by atoms with Gasteiger partial charge in [0.25, 0.3) is 0 Å².